The number of amides is 1. The van der Waals surface area contributed by atoms with Gasteiger partial charge in [-0.05, 0) is 24.3 Å². The number of hydrogen-bond acceptors (Lipinski definition) is 4. The number of nitrogens with one attached hydrogen (secondary N) is 1. The van der Waals surface area contributed by atoms with Crippen LogP contribution in [0.1, 0.15) is 10.4 Å². The smallest absolute Gasteiger partial charge is 0.349 e. The molecule has 2 aromatic heterocycles. The Balaban J connectivity index is 1.95. The summed E-state index contributed by atoms with van der Waals surface area (Å²) in [6.45, 7) is 0. The Bertz CT molecular complexity index is 872. The number of aromatic nitrogens is 1. The molecule has 0 unspecified atom stereocenters. The van der Waals surface area contributed by atoms with Gasteiger partial charge in [-0.3, -0.25) is 4.79 Å². The predicted molar refractivity (Wildman–Crippen MR) is 79.7 cm³/mol. The molecule has 0 atom stereocenters. The average molecular weight is 301 g/mol. The van der Waals surface area contributed by atoms with E-state index < -0.39 is 11.5 Å². The Hall–Kier alpha value is -2.66. The van der Waals surface area contributed by atoms with Crippen molar-refractivity contribution in [3.8, 4) is 0 Å². The quantitative estimate of drug-likeness (QED) is 0.738. The standard InChI is InChI=1S/C15H9ClN2O3/c16-10-5-6-13(17-8-10)18-14(19)11-7-9-3-1-2-4-12(9)21-15(11)20/h1-8H,(H,17,18,19). The minimum atomic E-state index is -0.694. The number of benzene rings is 1. The van der Waals surface area contributed by atoms with E-state index in [1.54, 1.807) is 36.4 Å². The van der Waals surface area contributed by atoms with E-state index in [2.05, 4.69) is 10.3 Å². The lowest BCUT2D eigenvalue weighted by Crippen LogP contribution is -2.21. The normalized spacial score (nSPS) is 10.5. The average Bonchev–Trinajstić information content (AvgIpc) is 2.49. The molecule has 2 heterocycles. The zero-order valence-corrected chi connectivity index (χ0v) is 11.4. The summed E-state index contributed by atoms with van der Waals surface area (Å²) in [6, 6.07) is 11.6. The molecule has 0 fully saturated rings. The molecule has 1 amide bonds. The molecule has 0 radical (unpaired) electrons. The van der Waals surface area contributed by atoms with Gasteiger partial charge in [0.25, 0.3) is 5.91 Å². The van der Waals surface area contributed by atoms with E-state index in [1.165, 1.54) is 12.3 Å². The number of rotatable bonds is 2. The van der Waals surface area contributed by atoms with Crippen molar-refractivity contribution in [2.45, 2.75) is 0 Å². The Morgan fingerprint density at radius 1 is 1.19 bits per heavy atom. The molecule has 0 aliphatic carbocycles. The Morgan fingerprint density at radius 2 is 2.00 bits per heavy atom. The second-order valence-corrected chi connectivity index (χ2v) is 4.74. The Kier molecular flexibility index (Phi) is 3.41. The van der Waals surface area contributed by atoms with Crippen LogP contribution in [-0.4, -0.2) is 10.9 Å². The number of carbonyl (C=O) groups excluding carboxylic acids is 1. The highest BCUT2D eigenvalue weighted by molar-refractivity contribution is 6.30. The lowest BCUT2D eigenvalue weighted by Gasteiger charge is -2.04. The van der Waals surface area contributed by atoms with Crippen LogP contribution in [0.5, 0.6) is 0 Å². The van der Waals surface area contributed by atoms with Crippen molar-refractivity contribution in [1.29, 1.82) is 0 Å². The SMILES string of the molecule is O=C(Nc1ccc(Cl)cn1)c1cc2ccccc2oc1=O. The van der Waals surface area contributed by atoms with E-state index in [-0.39, 0.29) is 5.56 Å². The highest BCUT2D eigenvalue weighted by Gasteiger charge is 2.14. The van der Waals surface area contributed by atoms with Gasteiger partial charge in [0, 0.05) is 11.6 Å². The van der Waals surface area contributed by atoms with Crippen LogP contribution in [0.25, 0.3) is 11.0 Å². The third kappa shape index (κ3) is 2.78. The molecule has 0 saturated carbocycles. The number of fused-ring (bicyclic) bond motifs is 1. The number of hydrogen-bond donors (Lipinski definition) is 1. The highest BCUT2D eigenvalue weighted by Crippen LogP contribution is 2.14. The molecule has 3 aromatic rings. The first-order chi connectivity index (χ1) is 10.1. The molecule has 0 bridgehead atoms. The van der Waals surface area contributed by atoms with Gasteiger partial charge in [0.1, 0.15) is 17.0 Å². The monoisotopic (exact) mass is 300 g/mol. The molecule has 0 aliphatic heterocycles. The molecule has 0 saturated heterocycles. The third-order valence-electron chi connectivity index (χ3n) is 2.86. The molecule has 0 spiro atoms. The number of nitrogens with zero attached hydrogens (tertiary/aromatic N) is 1. The minimum absolute atomic E-state index is 0.0783. The summed E-state index contributed by atoms with van der Waals surface area (Å²) < 4.78 is 5.11. The van der Waals surface area contributed by atoms with E-state index in [0.29, 0.717) is 21.8 Å². The maximum atomic E-state index is 12.1. The van der Waals surface area contributed by atoms with Crippen LogP contribution in [0.15, 0.2) is 57.9 Å². The van der Waals surface area contributed by atoms with Crippen LogP contribution >= 0.6 is 11.6 Å². The third-order valence-corrected chi connectivity index (χ3v) is 3.08. The molecule has 1 aromatic carbocycles. The molecule has 3 rings (SSSR count). The second-order valence-electron chi connectivity index (χ2n) is 4.30. The van der Waals surface area contributed by atoms with Gasteiger partial charge in [-0.25, -0.2) is 9.78 Å². The van der Waals surface area contributed by atoms with E-state index in [4.69, 9.17) is 16.0 Å². The summed E-state index contributed by atoms with van der Waals surface area (Å²) in [6.07, 6.45) is 1.40. The predicted octanol–water partition coefficient (Wildman–Crippen LogP) is 3.09. The van der Waals surface area contributed by atoms with Gasteiger partial charge in [-0.15, -0.1) is 0 Å². The number of carbonyl (C=O) groups is 1. The molecular formula is C15H9ClN2O3. The van der Waals surface area contributed by atoms with Crippen LogP contribution < -0.4 is 10.9 Å². The summed E-state index contributed by atoms with van der Waals surface area (Å²) in [4.78, 5) is 27.9. The van der Waals surface area contributed by atoms with Crippen LogP contribution in [-0.2, 0) is 0 Å². The van der Waals surface area contributed by atoms with Crippen LogP contribution in [0.3, 0.4) is 0 Å². The van der Waals surface area contributed by atoms with E-state index in [1.807, 2.05) is 0 Å². The lowest BCUT2D eigenvalue weighted by molar-refractivity contribution is 0.102. The summed E-state index contributed by atoms with van der Waals surface area (Å²) in [5, 5.41) is 3.65. The van der Waals surface area contributed by atoms with E-state index >= 15 is 0 Å². The van der Waals surface area contributed by atoms with Gasteiger partial charge in [0.15, 0.2) is 0 Å². The molecular weight excluding hydrogens is 292 g/mol. The maximum Gasteiger partial charge on any atom is 0.349 e. The fourth-order valence-electron chi connectivity index (χ4n) is 1.85. The lowest BCUT2D eigenvalue weighted by atomic mass is 10.2. The molecule has 1 N–H and O–H groups in total. The van der Waals surface area contributed by atoms with Crippen molar-refractivity contribution in [2.75, 3.05) is 5.32 Å². The number of halogens is 1. The van der Waals surface area contributed by atoms with Crippen LogP contribution in [0.2, 0.25) is 5.02 Å². The van der Waals surface area contributed by atoms with E-state index in [9.17, 15) is 9.59 Å². The summed E-state index contributed by atoms with van der Waals surface area (Å²) in [7, 11) is 0. The summed E-state index contributed by atoms with van der Waals surface area (Å²) in [5.74, 6) is -0.277. The van der Waals surface area contributed by atoms with Gasteiger partial charge in [-0.1, -0.05) is 29.8 Å². The highest BCUT2D eigenvalue weighted by atomic mass is 35.5. The van der Waals surface area contributed by atoms with Gasteiger partial charge in [-0.2, -0.15) is 0 Å². The zero-order chi connectivity index (χ0) is 14.8. The zero-order valence-electron chi connectivity index (χ0n) is 10.7. The van der Waals surface area contributed by atoms with Crippen LogP contribution in [0.4, 0.5) is 5.82 Å². The first-order valence-corrected chi connectivity index (χ1v) is 6.47. The van der Waals surface area contributed by atoms with Gasteiger partial charge >= 0.3 is 5.63 Å². The molecule has 5 nitrogen and oxygen atoms in total. The minimum Gasteiger partial charge on any atom is -0.422 e. The number of pyridine rings is 1. The Labute approximate surface area is 124 Å². The first-order valence-electron chi connectivity index (χ1n) is 6.09. The van der Waals surface area contributed by atoms with E-state index in [0.717, 1.165) is 0 Å². The summed E-state index contributed by atoms with van der Waals surface area (Å²) >= 11 is 5.72. The fourth-order valence-corrected chi connectivity index (χ4v) is 1.97. The van der Waals surface area contributed by atoms with Crippen molar-refractivity contribution in [3.05, 3.63) is 69.7 Å². The van der Waals surface area contributed by atoms with Gasteiger partial charge < -0.3 is 9.73 Å². The fraction of sp³-hybridized carbons (Fsp3) is 0. The molecule has 6 heteroatoms. The molecule has 104 valence electrons. The number of anilines is 1. The van der Waals surface area contributed by atoms with Crippen LogP contribution in [0, 0.1) is 0 Å². The van der Waals surface area contributed by atoms with Crippen molar-refractivity contribution in [1.82, 2.24) is 4.98 Å². The van der Waals surface area contributed by atoms with Crippen molar-refractivity contribution in [2.24, 2.45) is 0 Å². The molecule has 0 aliphatic rings. The largest absolute Gasteiger partial charge is 0.422 e. The first kappa shape index (κ1) is 13.3. The van der Waals surface area contributed by atoms with Crippen molar-refractivity contribution in [3.63, 3.8) is 0 Å². The van der Waals surface area contributed by atoms with Crippen molar-refractivity contribution < 1.29 is 9.21 Å². The Morgan fingerprint density at radius 3 is 2.76 bits per heavy atom. The van der Waals surface area contributed by atoms with Crippen molar-refractivity contribution >= 4 is 34.3 Å². The van der Waals surface area contributed by atoms with Gasteiger partial charge in [0.05, 0.1) is 5.02 Å². The van der Waals surface area contributed by atoms with Gasteiger partial charge in [0.2, 0.25) is 0 Å². The summed E-state index contributed by atoms with van der Waals surface area (Å²) in [5.41, 5.74) is -0.339. The number of para-hydroxylation sites is 1. The maximum absolute atomic E-state index is 12.1. The topological polar surface area (TPSA) is 72.2 Å². The molecule has 21 heavy (non-hydrogen) atoms. The second kappa shape index (κ2) is 5.38.